The number of ether oxygens (including phenoxy) is 1. The quantitative estimate of drug-likeness (QED) is 0.784. The molecule has 0 spiro atoms. The maximum atomic E-state index is 9.52. The molecule has 1 saturated carbocycles. The summed E-state index contributed by atoms with van der Waals surface area (Å²) >= 11 is 3.47. The molecule has 1 fully saturated rings. The predicted octanol–water partition coefficient (Wildman–Crippen LogP) is 2.71. The van der Waals surface area contributed by atoms with Gasteiger partial charge in [0.05, 0.1) is 6.10 Å². The molecule has 1 aromatic carbocycles. The highest BCUT2D eigenvalue weighted by Gasteiger charge is 2.22. The third-order valence-electron chi connectivity index (χ3n) is 3.60. The van der Waals surface area contributed by atoms with Crippen LogP contribution in [0.15, 0.2) is 22.7 Å². The molecule has 2 N–H and O–H groups in total. The van der Waals surface area contributed by atoms with Crippen molar-refractivity contribution in [1.82, 2.24) is 5.32 Å². The van der Waals surface area contributed by atoms with Crippen molar-refractivity contribution in [3.8, 4) is 18.1 Å². The maximum Gasteiger partial charge on any atom is 0.148 e. The number of benzene rings is 1. The van der Waals surface area contributed by atoms with E-state index in [0.717, 1.165) is 48.1 Å². The normalized spacial score (nSPS) is 21.6. The lowest BCUT2D eigenvalue weighted by Gasteiger charge is -2.14. The molecule has 3 nitrogen and oxygen atoms in total. The second-order valence-electron chi connectivity index (χ2n) is 5.21. The van der Waals surface area contributed by atoms with Gasteiger partial charge in [-0.05, 0) is 49.9 Å². The molecular formula is C16H20BrNO2. The smallest absolute Gasteiger partial charge is 0.148 e. The van der Waals surface area contributed by atoms with Crippen LogP contribution >= 0.6 is 15.9 Å². The van der Waals surface area contributed by atoms with E-state index < -0.39 is 0 Å². The van der Waals surface area contributed by atoms with E-state index >= 15 is 0 Å². The molecule has 0 bridgehead atoms. The van der Waals surface area contributed by atoms with Crippen molar-refractivity contribution in [2.24, 2.45) is 5.92 Å². The molecule has 0 saturated heterocycles. The van der Waals surface area contributed by atoms with E-state index in [1.807, 2.05) is 18.2 Å². The molecular weight excluding hydrogens is 318 g/mol. The minimum Gasteiger partial charge on any atom is -0.481 e. The largest absolute Gasteiger partial charge is 0.481 e. The van der Waals surface area contributed by atoms with Crippen molar-refractivity contribution in [2.75, 3.05) is 13.2 Å². The van der Waals surface area contributed by atoms with E-state index in [9.17, 15) is 5.11 Å². The molecule has 2 unspecified atom stereocenters. The number of hydrogen-bond acceptors (Lipinski definition) is 3. The first-order chi connectivity index (χ1) is 9.69. The lowest BCUT2D eigenvalue weighted by molar-refractivity contribution is 0.177. The van der Waals surface area contributed by atoms with Crippen molar-refractivity contribution in [3.63, 3.8) is 0 Å². The van der Waals surface area contributed by atoms with Gasteiger partial charge in [0.2, 0.25) is 0 Å². The number of hydrogen-bond donors (Lipinski definition) is 2. The second kappa shape index (κ2) is 7.68. The summed E-state index contributed by atoms with van der Waals surface area (Å²) in [6.45, 7) is 1.95. The number of aliphatic hydroxyl groups is 1. The Bertz CT molecular complexity index is 484. The molecule has 0 aromatic heterocycles. The monoisotopic (exact) mass is 337 g/mol. The van der Waals surface area contributed by atoms with Gasteiger partial charge in [-0.1, -0.05) is 21.9 Å². The summed E-state index contributed by atoms with van der Waals surface area (Å²) in [6, 6.07) is 5.92. The Hall–Kier alpha value is -1.02. The average Bonchev–Trinajstić information content (AvgIpc) is 2.84. The van der Waals surface area contributed by atoms with Crippen molar-refractivity contribution >= 4 is 15.9 Å². The zero-order valence-corrected chi connectivity index (χ0v) is 13.0. The number of terminal acetylenes is 1. The third kappa shape index (κ3) is 4.52. The Morgan fingerprint density at radius 2 is 2.30 bits per heavy atom. The van der Waals surface area contributed by atoms with Crippen LogP contribution in [0, 0.1) is 18.3 Å². The fourth-order valence-corrected chi connectivity index (χ4v) is 3.00. The fraction of sp³-hybridized carbons (Fsp3) is 0.500. The summed E-state index contributed by atoms with van der Waals surface area (Å²) in [6.07, 6.45) is 8.06. The molecule has 0 heterocycles. The molecule has 0 radical (unpaired) electrons. The zero-order chi connectivity index (χ0) is 14.4. The van der Waals surface area contributed by atoms with Crippen LogP contribution in [0.2, 0.25) is 0 Å². The standard InChI is InChI=1S/C16H20BrNO2/c1-2-7-20-16-6-4-14(17)9-13(16)11-18-10-12-3-5-15(19)8-12/h1,4,6,9,12,15,18-19H,3,5,7-8,10-11H2. The van der Waals surface area contributed by atoms with E-state index in [1.165, 1.54) is 0 Å². The highest BCUT2D eigenvalue weighted by molar-refractivity contribution is 9.10. The summed E-state index contributed by atoms with van der Waals surface area (Å²) in [7, 11) is 0. The second-order valence-corrected chi connectivity index (χ2v) is 6.12. The van der Waals surface area contributed by atoms with Gasteiger partial charge < -0.3 is 15.2 Å². The highest BCUT2D eigenvalue weighted by atomic mass is 79.9. The van der Waals surface area contributed by atoms with Gasteiger partial charge in [-0.25, -0.2) is 0 Å². The lowest BCUT2D eigenvalue weighted by Crippen LogP contribution is -2.21. The summed E-state index contributed by atoms with van der Waals surface area (Å²) in [4.78, 5) is 0. The van der Waals surface area contributed by atoms with Gasteiger partial charge in [0.25, 0.3) is 0 Å². The number of aliphatic hydroxyl groups excluding tert-OH is 1. The van der Waals surface area contributed by atoms with Gasteiger partial charge in [-0.3, -0.25) is 0 Å². The molecule has 20 heavy (non-hydrogen) atoms. The van der Waals surface area contributed by atoms with E-state index in [1.54, 1.807) is 0 Å². The van der Waals surface area contributed by atoms with Crippen molar-refractivity contribution in [1.29, 1.82) is 0 Å². The molecule has 2 atom stereocenters. The molecule has 0 amide bonds. The van der Waals surface area contributed by atoms with Crippen molar-refractivity contribution in [3.05, 3.63) is 28.2 Å². The van der Waals surface area contributed by atoms with Gasteiger partial charge in [0, 0.05) is 16.6 Å². The highest BCUT2D eigenvalue weighted by Crippen LogP contribution is 2.26. The SMILES string of the molecule is C#CCOc1ccc(Br)cc1CNCC1CCC(O)C1. The van der Waals surface area contributed by atoms with Gasteiger partial charge in [0.1, 0.15) is 12.4 Å². The van der Waals surface area contributed by atoms with Crippen LogP contribution in [-0.2, 0) is 6.54 Å². The molecule has 1 aliphatic rings. The topological polar surface area (TPSA) is 41.5 Å². The molecule has 4 heteroatoms. The summed E-state index contributed by atoms with van der Waals surface area (Å²) < 4.78 is 6.57. The minimum atomic E-state index is -0.109. The third-order valence-corrected chi connectivity index (χ3v) is 4.09. The maximum absolute atomic E-state index is 9.52. The Morgan fingerprint density at radius 1 is 1.45 bits per heavy atom. The van der Waals surface area contributed by atoms with E-state index in [2.05, 4.69) is 27.2 Å². The van der Waals surface area contributed by atoms with Gasteiger partial charge >= 0.3 is 0 Å². The van der Waals surface area contributed by atoms with Gasteiger partial charge in [-0.2, -0.15) is 0 Å². The Labute approximate surface area is 128 Å². The van der Waals surface area contributed by atoms with Crippen LogP contribution in [0.1, 0.15) is 24.8 Å². The average molecular weight is 338 g/mol. The number of nitrogens with one attached hydrogen (secondary N) is 1. The molecule has 2 rings (SSSR count). The Balaban J connectivity index is 1.87. The van der Waals surface area contributed by atoms with E-state index in [4.69, 9.17) is 11.2 Å². The first-order valence-corrected chi connectivity index (χ1v) is 7.72. The minimum absolute atomic E-state index is 0.109. The van der Waals surface area contributed by atoms with Crippen LogP contribution in [0.3, 0.4) is 0 Å². The first kappa shape index (κ1) is 15.4. The lowest BCUT2D eigenvalue weighted by atomic mass is 10.1. The molecule has 1 aliphatic carbocycles. The predicted molar refractivity (Wildman–Crippen MR) is 83.5 cm³/mol. The zero-order valence-electron chi connectivity index (χ0n) is 11.4. The van der Waals surface area contributed by atoms with Crippen LogP contribution < -0.4 is 10.1 Å². The fourth-order valence-electron chi connectivity index (χ4n) is 2.59. The molecule has 0 aliphatic heterocycles. The number of rotatable bonds is 6. The van der Waals surface area contributed by atoms with Crippen LogP contribution in [0.25, 0.3) is 0 Å². The van der Waals surface area contributed by atoms with Crippen molar-refractivity contribution < 1.29 is 9.84 Å². The summed E-state index contributed by atoms with van der Waals surface area (Å²) in [5.74, 6) is 3.88. The van der Waals surface area contributed by atoms with Gasteiger partial charge in [0.15, 0.2) is 0 Å². The summed E-state index contributed by atoms with van der Waals surface area (Å²) in [5.41, 5.74) is 1.09. The number of halogens is 1. The van der Waals surface area contributed by atoms with E-state index in [-0.39, 0.29) is 12.7 Å². The van der Waals surface area contributed by atoms with Crippen LogP contribution in [0.5, 0.6) is 5.75 Å². The van der Waals surface area contributed by atoms with E-state index in [0.29, 0.717) is 5.92 Å². The Morgan fingerprint density at radius 3 is 3.00 bits per heavy atom. The van der Waals surface area contributed by atoms with Crippen molar-refractivity contribution in [2.45, 2.75) is 31.9 Å². The summed E-state index contributed by atoms with van der Waals surface area (Å²) in [5, 5.41) is 13.0. The van der Waals surface area contributed by atoms with Crippen LogP contribution in [-0.4, -0.2) is 24.4 Å². The van der Waals surface area contributed by atoms with Gasteiger partial charge in [-0.15, -0.1) is 6.42 Å². The molecule has 108 valence electrons. The Kier molecular flexibility index (Phi) is 5.90. The first-order valence-electron chi connectivity index (χ1n) is 6.92. The molecule has 1 aromatic rings. The van der Waals surface area contributed by atoms with Crippen LogP contribution in [0.4, 0.5) is 0 Å².